The minimum atomic E-state index is -4.18. The number of benzene rings is 1. The highest BCUT2D eigenvalue weighted by molar-refractivity contribution is 7.51. The molecule has 138 valence electrons. The van der Waals surface area contributed by atoms with E-state index >= 15 is 0 Å². The molecule has 1 fully saturated rings. The van der Waals surface area contributed by atoms with Crippen LogP contribution < -0.4 is 0 Å². The quantitative estimate of drug-likeness (QED) is 0.599. The number of hydrogen-bond donors (Lipinski definition) is 2. The van der Waals surface area contributed by atoms with Crippen LogP contribution in [0.1, 0.15) is 18.4 Å². The zero-order valence-electron chi connectivity index (χ0n) is 13.9. The summed E-state index contributed by atoms with van der Waals surface area (Å²) >= 11 is 0. The monoisotopic (exact) mass is 371 g/mol. The lowest BCUT2D eigenvalue weighted by atomic mass is 9.92. The number of ether oxygens (including phenoxy) is 2. The second-order valence-corrected chi connectivity index (χ2v) is 7.70. The number of piperidine rings is 1. The number of carbonyl (C=O) groups is 2. The molecule has 25 heavy (non-hydrogen) atoms. The Morgan fingerprint density at radius 2 is 1.96 bits per heavy atom. The Balaban J connectivity index is 2.01. The Morgan fingerprint density at radius 3 is 2.56 bits per heavy atom. The van der Waals surface area contributed by atoms with Gasteiger partial charge in [-0.25, -0.2) is 9.59 Å². The van der Waals surface area contributed by atoms with Gasteiger partial charge in [0.25, 0.3) is 0 Å². The molecule has 1 saturated heterocycles. The third kappa shape index (κ3) is 5.85. The van der Waals surface area contributed by atoms with E-state index in [4.69, 9.17) is 19.3 Å². The van der Waals surface area contributed by atoms with Crippen molar-refractivity contribution < 1.29 is 33.4 Å². The van der Waals surface area contributed by atoms with E-state index in [1.165, 1.54) is 12.0 Å². The van der Waals surface area contributed by atoms with E-state index in [1.54, 1.807) is 0 Å². The van der Waals surface area contributed by atoms with Gasteiger partial charge in [-0.1, -0.05) is 30.3 Å². The van der Waals surface area contributed by atoms with Crippen LogP contribution in [0.15, 0.2) is 30.3 Å². The Labute approximate surface area is 145 Å². The van der Waals surface area contributed by atoms with Crippen LogP contribution in [-0.2, 0) is 25.4 Å². The summed E-state index contributed by atoms with van der Waals surface area (Å²) in [6.07, 6.45) is -0.432. The van der Waals surface area contributed by atoms with E-state index in [9.17, 15) is 14.2 Å². The predicted octanol–water partition coefficient (Wildman–Crippen LogP) is 1.75. The van der Waals surface area contributed by atoms with Crippen LogP contribution in [0, 0.1) is 5.92 Å². The zero-order valence-corrected chi connectivity index (χ0v) is 14.8. The third-order valence-corrected chi connectivity index (χ3v) is 5.11. The third-order valence-electron chi connectivity index (χ3n) is 4.12. The lowest BCUT2D eigenvalue weighted by molar-refractivity contribution is -0.148. The van der Waals surface area contributed by atoms with Gasteiger partial charge in [0.2, 0.25) is 0 Å². The van der Waals surface area contributed by atoms with Crippen LogP contribution in [0.4, 0.5) is 4.79 Å². The second kappa shape index (κ2) is 8.47. The summed E-state index contributed by atoms with van der Waals surface area (Å²) in [6.45, 7) is 0.258. The molecule has 8 nitrogen and oxygen atoms in total. The van der Waals surface area contributed by atoms with Gasteiger partial charge in [-0.2, -0.15) is 0 Å². The summed E-state index contributed by atoms with van der Waals surface area (Å²) in [5.74, 6) is -0.977. The van der Waals surface area contributed by atoms with E-state index in [0.29, 0.717) is 6.42 Å². The van der Waals surface area contributed by atoms with Crippen molar-refractivity contribution in [3.63, 3.8) is 0 Å². The number of esters is 1. The highest BCUT2D eigenvalue weighted by Crippen LogP contribution is 2.40. The van der Waals surface area contributed by atoms with Crippen molar-refractivity contribution in [1.82, 2.24) is 4.90 Å². The lowest BCUT2D eigenvalue weighted by Crippen LogP contribution is -2.51. The highest BCUT2D eigenvalue weighted by atomic mass is 31.2. The van der Waals surface area contributed by atoms with Crippen LogP contribution in [0.2, 0.25) is 0 Å². The van der Waals surface area contributed by atoms with Gasteiger partial charge in [0.1, 0.15) is 12.6 Å². The molecule has 0 aliphatic carbocycles. The summed E-state index contributed by atoms with van der Waals surface area (Å²) in [5, 5.41) is 0. The topological polar surface area (TPSA) is 113 Å². The molecular formula is C16H22NO7P. The molecule has 1 aromatic carbocycles. The number of nitrogens with zero attached hydrogens (tertiary/aromatic N) is 1. The largest absolute Gasteiger partial charge is 0.467 e. The van der Waals surface area contributed by atoms with Gasteiger partial charge < -0.3 is 19.3 Å². The number of methoxy groups -OCH3 is 1. The van der Waals surface area contributed by atoms with E-state index in [0.717, 1.165) is 5.56 Å². The molecule has 1 aliphatic heterocycles. The first-order valence-corrected chi connectivity index (χ1v) is 9.69. The fourth-order valence-corrected chi connectivity index (χ4v) is 3.93. The molecule has 0 saturated carbocycles. The first kappa shape index (κ1) is 19.4. The normalized spacial score (nSPS) is 20.8. The number of amides is 1. The molecule has 2 N–H and O–H groups in total. The SMILES string of the molecule is COC(=O)[C@H]1C[C@@H](CP(=O)(O)O)CCN1C(=O)OCc1ccccc1. The molecular weight excluding hydrogens is 349 g/mol. The van der Waals surface area contributed by atoms with Crippen LogP contribution in [0.25, 0.3) is 0 Å². The van der Waals surface area contributed by atoms with Crippen molar-refractivity contribution >= 4 is 19.7 Å². The molecule has 1 aromatic rings. The summed E-state index contributed by atoms with van der Waals surface area (Å²) in [5.41, 5.74) is 0.821. The van der Waals surface area contributed by atoms with Gasteiger partial charge in [-0.15, -0.1) is 0 Å². The molecule has 0 unspecified atom stereocenters. The number of carbonyl (C=O) groups excluding carboxylic acids is 2. The average Bonchev–Trinajstić information content (AvgIpc) is 2.58. The molecule has 9 heteroatoms. The van der Waals surface area contributed by atoms with E-state index in [-0.39, 0.29) is 31.7 Å². The maximum absolute atomic E-state index is 12.3. The molecule has 2 rings (SSSR count). The van der Waals surface area contributed by atoms with Gasteiger partial charge in [-0.3, -0.25) is 9.46 Å². The maximum Gasteiger partial charge on any atom is 0.410 e. The second-order valence-electron chi connectivity index (χ2n) is 6.01. The minimum Gasteiger partial charge on any atom is -0.467 e. The Kier molecular flexibility index (Phi) is 6.58. The molecule has 0 radical (unpaired) electrons. The molecule has 2 atom stereocenters. The summed E-state index contributed by atoms with van der Waals surface area (Å²) in [7, 11) is -2.97. The van der Waals surface area contributed by atoms with Gasteiger partial charge in [0, 0.05) is 6.54 Å². The van der Waals surface area contributed by atoms with Gasteiger partial charge in [0.05, 0.1) is 13.3 Å². The van der Waals surface area contributed by atoms with Crippen LogP contribution in [0.3, 0.4) is 0 Å². The maximum atomic E-state index is 12.3. The van der Waals surface area contributed by atoms with Crippen LogP contribution in [0.5, 0.6) is 0 Å². The summed E-state index contributed by atoms with van der Waals surface area (Å²) < 4.78 is 21.2. The molecule has 0 spiro atoms. The van der Waals surface area contributed by atoms with Crippen molar-refractivity contribution in [3.05, 3.63) is 35.9 Å². The van der Waals surface area contributed by atoms with E-state index in [2.05, 4.69) is 0 Å². The average molecular weight is 371 g/mol. The van der Waals surface area contributed by atoms with Crippen molar-refractivity contribution in [1.29, 1.82) is 0 Å². The smallest absolute Gasteiger partial charge is 0.410 e. The zero-order chi connectivity index (χ0) is 18.4. The molecule has 1 aliphatic rings. The van der Waals surface area contributed by atoms with Crippen LogP contribution in [-0.4, -0.2) is 52.6 Å². The molecule has 0 aromatic heterocycles. The van der Waals surface area contributed by atoms with Gasteiger partial charge >= 0.3 is 19.7 Å². The van der Waals surface area contributed by atoms with E-state index in [1.807, 2.05) is 30.3 Å². The first-order valence-electron chi connectivity index (χ1n) is 7.90. The first-order chi connectivity index (χ1) is 11.8. The van der Waals surface area contributed by atoms with Crippen molar-refractivity contribution in [3.8, 4) is 0 Å². The Hall–Kier alpha value is -1.89. The summed E-state index contributed by atoms with van der Waals surface area (Å²) in [4.78, 5) is 43.9. The number of hydrogen-bond acceptors (Lipinski definition) is 5. The summed E-state index contributed by atoms with van der Waals surface area (Å²) in [6, 6.07) is 8.24. The van der Waals surface area contributed by atoms with Crippen molar-refractivity contribution in [2.75, 3.05) is 19.8 Å². The molecule has 1 amide bonds. The predicted molar refractivity (Wildman–Crippen MR) is 88.8 cm³/mol. The van der Waals surface area contributed by atoms with E-state index < -0.39 is 25.7 Å². The molecule has 0 bridgehead atoms. The Morgan fingerprint density at radius 1 is 1.28 bits per heavy atom. The van der Waals surface area contributed by atoms with Gasteiger partial charge in [0.15, 0.2) is 0 Å². The van der Waals surface area contributed by atoms with Gasteiger partial charge in [-0.05, 0) is 24.3 Å². The van der Waals surface area contributed by atoms with Crippen LogP contribution >= 0.6 is 7.60 Å². The minimum absolute atomic E-state index is 0.0793. The van der Waals surface area contributed by atoms with Crippen molar-refractivity contribution in [2.45, 2.75) is 25.5 Å². The highest BCUT2D eigenvalue weighted by Gasteiger charge is 2.39. The number of rotatable bonds is 5. The Bertz CT molecular complexity index is 645. The number of likely N-dealkylation sites (tertiary alicyclic amines) is 1. The molecule has 1 heterocycles. The van der Waals surface area contributed by atoms with Crippen molar-refractivity contribution in [2.24, 2.45) is 5.92 Å². The fraction of sp³-hybridized carbons (Fsp3) is 0.500. The fourth-order valence-electron chi connectivity index (χ4n) is 2.92. The lowest BCUT2D eigenvalue weighted by Gasteiger charge is -2.37. The standard InChI is InChI=1S/C16H22NO7P/c1-23-15(18)14-9-13(11-25(20,21)22)7-8-17(14)16(19)24-10-12-5-3-2-4-6-12/h2-6,13-14H,7-11H2,1H3,(H2,20,21,22)/t13-,14+/m0/s1.